The molecular formula is C15H36O5. The quantitative estimate of drug-likeness (QED) is 0.393. The van der Waals surface area contributed by atoms with Gasteiger partial charge >= 0.3 is 0 Å². The molecule has 0 rings (SSSR count). The largest absolute Gasteiger partial charge is 0.397 e. The van der Waals surface area contributed by atoms with Crippen LogP contribution in [-0.2, 0) is 0 Å². The molecule has 0 aromatic heterocycles. The van der Waals surface area contributed by atoms with Gasteiger partial charge in [-0.1, -0.05) is 51.9 Å². The second-order valence-electron chi connectivity index (χ2n) is 4.53. The van der Waals surface area contributed by atoms with E-state index in [1.54, 1.807) is 6.92 Å². The van der Waals surface area contributed by atoms with Gasteiger partial charge in [0.2, 0.25) is 0 Å². The lowest BCUT2D eigenvalue weighted by atomic mass is 10.1. The van der Waals surface area contributed by atoms with E-state index in [1.165, 1.54) is 44.9 Å². The van der Waals surface area contributed by atoms with Crippen LogP contribution in [0.1, 0.15) is 65.2 Å². The van der Waals surface area contributed by atoms with Crippen molar-refractivity contribution in [3.05, 3.63) is 0 Å². The van der Waals surface area contributed by atoms with Gasteiger partial charge < -0.3 is 25.5 Å². The van der Waals surface area contributed by atoms with E-state index in [9.17, 15) is 0 Å². The number of aliphatic hydroxyl groups excluding tert-OH is 5. The molecule has 0 aromatic carbocycles. The van der Waals surface area contributed by atoms with Crippen molar-refractivity contribution in [2.24, 2.45) is 0 Å². The van der Waals surface area contributed by atoms with Gasteiger partial charge in [0.25, 0.3) is 0 Å². The lowest BCUT2D eigenvalue weighted by molar-refractivity contribution is 0.0450. The molecule has 5 N–H and O–H groups in total. The summed E-state index contributed by atoms with van der Waals surface area (Å²) in [6.45, 7) is 3.81. The maximum Gasteiger partial charge on any atom is 0.100 e. The standard InChI is InChI=1S/C10H22O.C3H8O3.C2H6O/c1-2-3-4-5-6-7-8-9-10-11;4-1-3(6)2-5;1-2-3/h11H,2-10H2,1H3;3-6H,1-2H2;3H,2H2,1H3. The van der Waals surface area contributed by atoms with Crippen molar-refractivity contribution in [2.45, 2.75) is 71.3 Å². The molecule has 0 spiro atoms. The summed E-state index contributed by atoms with van der Waals surface area (Å²) in [6.07, 6.45) is 9.43. The minimum Gasteiger partial charge on any atom is -0.397 e. The summed E-state index contributed by atoms with van der Waals surface area (Å²) in [6, 6.07) is 0. The van der Waals surface area contributed by atoms with Crippen molar-refractivity contribution in [1.29, 1.82) is 0 Å². The first-order chi connectivity index (χ1) is 9.64. The molecule has 0 saturated heterocycles. The zero-order valence-electron chi connectivity index (χ0n) is 13.3. The van der Waals surface area contributed by atoms with Crippen molar-refractivity contribution in [1.82, 2.24) is 0 Å². The van der Waals surface area contributed by atoms with Crippen LogP contribution in [0.4, 0.5) is 0 Å². The average molecular weight is 296 g/mol. The second-order valence-corrected chi connectivity index (χ2v) is 4.53. The summed E-state index contributed by atoms with van der Waals surface area (Å²) in [5.74, 6) is 0. The summed E-state index contributed by atoms with van der Waals surface area (Å²) in [5, 5.41) is 40.1. The van der Waals surface area contributed by atoms with Gasteiger partial charge in [-0.3, -0.25) is 0 Å². The number of rotatable bonds is 10. The van der Waals surface area contributed by atoms with E-state index in [1.807, 2.05) is 0 Å². The topological polar surface area (TPSA) is 101 Å². The Bertz CT molecular complexity index is 121. The molecule has 5 nitrogen and oxygen atoms in total. The van der Waals surface area contributed by atoms with Crippen LogP contribution in [0, 0.1) is 0 Å². The SMILES string of the molecule is CCCCCCCCCCO.CCO.OCC(O)CO. The summed E-state index contributed by atoms with van der Waals surface area (Å²) < 4.78 is 0. The fourth-order valence-corrected chi connectivity index (χ4v) is 1.30. The molecule has 0 saturated carbocycles. The fourth-order valence-electron chi connectivity index (χ4n) is 1.30. The normalized spacial score (nSPS) is 9.60. The second kappa shape index (κ2) is 27.2. The molecule has 20 heavy (non-hydrogen) atoms. The van der Waals surface area contributed by atoms with Crippen LogP contribution in [0.25, 0.3) is 0 Å². The van der Waals surface area contributed by atoms with Gasteiger partial charge in [-0.25, -0.2) is 0 Å². The molecule has 0 heterocycles. The van der Waals surface area contributed by atoms with Crippen molar-refractivity contribution >= 4 is 0 Å². The Hall–Kier alpha value is -0.200. The maximum atomic E-state index is 8.51. The first-order valence-electron chi connectivity index (χ1n) is 7.75. The minimum absolute atomic E-state index is 0.250. The van der Waals surface area contributed by atoms with E-state index in [-0.39, 0.29) is 19.8 Å². The summed E-state index contributed by atoms with van der Waals surface area (Å²) in [5.41, 5.74) is 0. The van der Waals surface area contributed by atoms with Gasteiger partial charge in [0.15, 0.2) is 0 Å². The maximum absolute atomic E-state index is 8.51. The molecule has 0 bridgehead atoms. The Balaban J connectivity index is -0.000000270. The van der Waals surface area contributed by atoms with Gasteiger partial charge in [0, 0.05) is 13.2 Å². The molecule has 0 fully saturated rings. The van der Waals surface area contributed by atoms with Crippen LogP contribution in [0.3, 0.4) is 0 Å². The molecule has 0 aromatic rings. The number of aliphatic hydroxyl groups is 5. The van der Waals surface area contributed by atoms with E-state index >= 15 is 0 Å². The first kappa shape index (κ1) is 24.8. The van der Waals surface area contributed by atoms with Crippen molar-refractivity contribution in [3.8, 4) is 0 Å². The third kappa shape index (κ3) is 36.1. The summed E-state index contributed by atoms with van der Waals surface area (Å²) in [7, 11) is 0. The third-order valence-corrected chi connectivity index (χ3v) is 2.43. The van der Waals surface area contributed by atoms with Crippen molar-refractivity contribution in [3.63, 3.8) is 0 Å². The van der Waals surface area contributed by atoms with Crippen LogP contribution < -0.4 is 0 Å². The van der Waals surface area contributed by atoms with Gasteiger partial charge in [0.1, 0.15) is 6.10 Å². The van der Waals surface area contributed by atoms with Crippen LogP contribution >= 0.6 is 0 Å². The van der Waals surface area contributed by atoms with E-state index < -0.39 is 6.10 Å². The van der Waals surface area contributed by atoms with E-state index in [0.717, 1.165) is 6.42 Å². The lowest BCUT2D eigenvalue weighted by Gasteiger charge is -1.98. The number of unbranched alkanes of at least 4 members (excludes halogenated alkanes) is 7. The van der Waals surface area contributed by atoms with Crippen LogP contribution in [0.5, 0.6) is 0 Å². The highest BCUT2D eigenvalue weighted by molar-refractivity contribution is 4.45. The van der Waals surface area contributed by atoms with Gasteiger partial charge in [-0.05, 0) is 13.3 Å². The molecule has 0 radical (unpaired) electrons. The van der Waals surface area contributed by atoms with Gasteiger partial charge in [0.05, 0.1) is 13.2 Å². The van der Waals surface area contributed by atoms with Crippen LogP contribution in [0.2, 0.25) is 0 Å². The van der Waals surface area contributed by atoms with E-state index in [0.29, 0.717) is 6.61 Å². The Labute approximate surface area is 124 Å². The molecule has 0 aliphatic heterocycles. The third-order valence-electron chi connectivity index (χ3n) is 2.43. The van der Waals surface area contributed by atoms with Crippen LogP contribution in [-0.4, -0.2) is 58.1 Å². The lowest BCUT2D eigenvalue weighted by Crippen LogP contribution is -2.15. The molecule has 0 amide bonds. The molecule has 126 valence electrons. The van der Waals surface area contributed by atoms with Crippen molar-refractivity contribution in [2.75, 3.05) is 26.4 Å². The predicted octanol–water partition coefficient (Wildman–Crippen LogP) is 1.45. The zero-order valence-corrected chi connectivity index (χ0v) is 13.3. The van der Waals surface area contributed by atoms with E-state index in [4.69, 9.17) is 25.5 Å². The van der Waals surface area contributed by atoms with E-state index in [2.05, 4.69) is 6.92 Å². The Morgan fingerprint density at radius 1 is 0.650 bits per heavy atom. The van der Waals surface area contributed by atoms with Gasteiger partial charge in [-0.2, -0.15) is 0 Å². The molecule has 0 unspecified atom stereocenters. The molecular weight excluding hydrogens is 260 g/mol. The minimum atomic E-state index is -0.954. The predicted molar refractivity (Wildman–Crippen MR) is 82.6 cm³/mol. The number of hydrogen-bond acceptors (Lipinski definition) is 5. The summed E-state index contributed by atoms with van der Waals surface area (Å²) in [4.78, 5) is 0. The highest BCUT2D eigenvalue weighted by Gasteiger charge is 1.93. The highest BCUT2D eigenvalue weighted by atomic mass is 16.3. The molecule has 0 atom stereocenters. The van der Waals surface area contributed by atoms with Gasteiger partial charge in [-0.15, -0.1) is 0 Å². The number of hydrogen-bond donors (Lipinski definition) is 5. The molecule has 5 heteroatoms. The molecule has 0 aliphatic carbocycles. The fraction of sp³-hybridized carbons (Fsp3) is 1.00. The smallest absolute Gasteiger partial charge is 0.100 e. The average Bonchev–Trinajstić information content (AvgIpc) is 2.47. The Kier molecular flexibility index (Phi) is 33.7. The Morgan fingerprint density at radius 2 is 1.00 bits per heavy atom. The zero-order chi connectivity index (χ0) is 16.1. The molecule has 0 aliphatic rings. The monoisotopic (exact) mass is 296 g/mol. The first-order valence-corrected chi connectivity index (χ1v) is 7.75. The summed E-state index contributed by atoms with van der Waals surface area (Å²) >= 11 is 0. The van der Waals surface area contributed by atoms with Crippen molar-refractivity contribution < 1.29 is 25.5 Å². The highest BCUT2D eigenvalue weighted by Crippen LogP contribution is 2.07. The Morgan fingerprint density at radius 3 is 1.25 bits per heavy atom. The van der Waals surface area contributed by atoms with Crippen LogP contribution in [0.15, 0.2) is 0 Å².